The van der Waals surface area contributed by atoms with E-state index in [2.05, 4.69) is 10.3 Å². The highest BCUT2D eigenvalue weighted by Gasteiger charge is 2.13. The molecule has 4 rings (SSSR count). The molecule has 0 fully saturated rings. The quantitative estimate of drug-likeness (QED) is 0.614. The van der Waals surface area contributed by atoms with Crippen LogP contribution < -0.4 is 0 Å². The van der Waals surface area contributed by atoms with Gasteiger partial charge in [-0.05, 0) is 30.3 Å². The van der Waals surface area contributed by atoms with Crippen molar-refractivity contribution in [3.05, 3.63) is 71.1 Å². The van der Waals surface area contributed by atoms with Gasteiger partial charge >= 0.3 is 5.97 Å². The van der Waals surface area contributed by atoms with Gasteiger partial charge in [0.2, 0.25) is 0 Å². The molecule has 118 valence electrons. The summed E-state index contributed by atoms with van der Waals surface area (Å²) in [6.07, 6.45) is 0. The first kappa shape index (κ1) is 14.6. The molecule has 0 aliphatic rings. The summed E-state index contributed by atoms with van der Waals surface area (Å²) in [6.45, 7) is 0.612. The maximum atomic E-state index is 11.4. The van der Waals surface area contributed by atoms with Crippen LogP contribution >= 0.6 is 11.3 Å². The summed E-state index contributed by atoms with van der Waals surface area (Å²) in [4.78, 5) is 13.4. The lowest BCUT2D eigenvalue weighted by Crippen LogP contribution is -1.99. The fraction of sp³-hybridized carbons (Fsp3) is 0.0556. The Bertz CT molecular complexity index is 1040. The second-order valence-electron chi connectivity index (χ2n) is 5.35. The van der Waals surface area contributed by atoms with Crippen LogP contribution in [0.25, 0.3) is 21.5 Å². The average molecular weight is 335 g/mol. The van der Waals surface area contributed by atoms with Crippen LogP contribution in [0.5, 0.6) is 0 Å². The minimum absolute atomic E-state index is 0.317. The minimum atomic E-state index is -0.914. The van der Waals surface area contributed by atoms with Crippen molar-refractivity contribution in [3.8, 4) is 10.4 Å². The Kier molecular flexibility index (Phi) is 3.59. The first-order valence-electron chi connectivity index (χ1n) is 7.42. The van der Waals surface area contributed by atoms with E-state index >= 15 is 0 Å². The number of aromatic carboxylic acids is 1. The lowest BCUT2D eigenvalue weighted by atomic mass is 10.1. The molecule has 0 bridgehead atoms. The van der Waals surface area contributed by atoms with Crippen LogP contribution in [0.3, 0.4) is 0 Å². The summed E-state index contributed by atoms with van der Waals surface area (Å²) in [6, 6.07) is 18.8. The summed E-state index contributed by atoms with van der Waals surface area (Å²) >= 11 is 1.57. The number of para-hydroxylation sites is 1. The van der Waals surface area contributed by atoms with Gasteiger partial charge in [0.1, 0.15) is 5.52 Å². The lowest BCUT2D eigenvalue weighted by molar-refractivity contribution is 0.0698. The standard InChI is InChI=1S/C18H13N3O2S/c22-18(23)14-6-2-1-5-13(14)17-10-9-12(24-17)11-21-16-8-4-3-7-15(16)19-20-21/h1-10H,11H2,(H,22,23). The third-order valence-corrected chi connectivity index (χ3v) is 4.91. The van der Waals surface area contributed by atoms with Crippen LogP contribution in [0.2, 0.25) is 0 Å². The molecule has 2 aromatic carbocycles. The van der Waals surface area contributed by atoms with Crippen LogP contribution in [0, 0.1) is 0 Å². The normalized spacial score (nSPS) is 11.0. The topological polar surface area (TPSA) is 68.0 Å². The number of carboxylic acid groups (broad SMARTS) is 1. The Morgan fingerprint density at radius 2 is 1.83 bits per heavy atom. The first-order chi connectivity index (χ1) is 11.7. The molecule has 0 saturated heterocycles. The Morgan fingerprint density at radius 1 is 1.04 bits per heavy atom. The van der Waals surface area contributed by atoms with E-state index < -0.39 is 5.97 Å². The van der Waals surface area contributed by atoms with Gasteiger partial charge in [-0.15, -0.1) is 16.4 Å². The second-order valence-corrected chi connectivity index (χ2v) is 6.52. The van der Waals surface area contributed by atoms with E-state index in [4.69, 9.17) is 0 Å². The number of rotatable bonds is 4. The number of aromatic nitrogens is 3. The minimum Gasteiger partial charge on any atom is -0.478 e. The van der Waals surface area contributed by atoms with Crippen LogP contribution in [-0.2, 0) is 6.54 Å². The van der Waals surface area contributed by atoms with E-state index in [-0.39, 0.29) is 0 Å². The molecule has 0 aliphatic heterocycles. The number of thiophene rings is 1. The van der Waals surface area contributed by atoms with Gasteiger partial charge in [-0.1, -0.05) is 35.5 Å². The van der Waals surface area contributed by atoms with E-state index in [0.29, 0.717) is 12.1 Å². The molecule has 24 heavy (non-hydrogen) atoms. The number of benzene rings is 2. The highest BCUT2D eigenvalue weighted by molar-refractivity contribution is 7.15. The Hall–Kier alpha value is -2.99. The summed E-state index contributed by atoms with van der Waals surface area (Å²) in [5, 5.41) is 17.7. The predicted octanol–water partition coefficient (Wildman–Crippen LogP) is 3.91. The monoisotopic (exact) mass is 335 g/mol. The summed E-state index contributed by atoms with van der Waals surface area (Å²) in [5.74, 6) is -0.914. The van der Waals surface area contributed by atoms with Crippen molar-refractivity contribution in [2.24, 2.45) is 0 Å². The molecule has 0 radical (unpaired) electrons. The molecule has 4 aromatic rings. The predicted molar refractivity (Wildman–Crippen MR) is 93.3 cm³/mol. The molecule has 0 atom stereocenters. The lowest BCUT2D eigenvalue weighted by Gasteiger charge is -2.03. The molecular formula is C18H13N3O2S. The van der Waals surface area contributed by atoms with Crippen molar-refractivity contribution in [1.82, 2.24) is 15.0 Å². The zero-order valence-corrected chi connectivity index (χ0v) is 13.4. The fourth-order valence-electron chi connectivity index (χ4n) is 2.67. The molecule has 0 spiro atoms. The number of nitrogens with zero attached hydrogens (tertiary/aromatic N) is 3. The molecule has 0 unspecified atom stereocenters. The van der Waals surface area contributed by atoms with Crippen molar-refractivity contribution in [3.63, 3.8) is 0 Å². The van der Waals surface area contributed by atoms with Crippen LogP contribution in [-0.4, -0.2) is 26.1 Å². The fourth-order valence-corrected chi connectivity index (χ4v) is 3.70. The zero-order chi connectivity index (χ0) is 16.5. The third kappa shape index (κ3) is 2.57. The van der Waals surface area contributed by atoms with E-state index in [1.807, 2.05) is 53.2 Å². The molecule has 5 nitrogen and oxygen atoms in total. The van der Waals surface area contributed by atoms with E-state index in [0.717, 1.165) is 26.4 Å². The number of carbonyl (C=O) groups is 1. The first-order valence-corrected chi connectivity index (χ1v) is 8.23. The van der Waals surface area contributed by atoms with Crippen molar-refractivity contribution in [2.45, 2.75) is 6.54 Å². The van der Waals surface area contributed by atoms with Gasteiger partial charge in [0.05, 0.1) is 17.6 Å². The number of carboxylic acids is 1. The molecule has 2 heterocycles. The van der Waals surface area contributed by atoms with Crippen molar-refractivity contribution in [1.29, 1.82) is 0 Å². The molecular weight excluding hydrogens is 322 g/mol. The van der Waals surface area contributed by atoms with Crippen LogP contribution in [0.4, 0.5) is 0 Å². The molecule has 2 aromatic heterocycles. The smallest absolute Gasteiger partial charge is 0.336 e. The Morgan fingerprint density at radius 3 is 2.71 bits per heavy atom. The van der Waals surface area contributed by atoms with E-state index in [9.17, 15) is 9.90 Å². The van der Waals surface area contributed by atoms with Gasteiger partial charge in [0.25, 0.3) is 0 Å². The van der Waals surface area contributed by atoms with Gasteiger partial charge in [-0.3, -0.25) is 0 Å². The van der Waals surface area contributed by atoms with Gasteiger partial charge in [-0.25, -0.2) is 9.48 Å². The van der Waals surface area contributed by atoms with E-state index in [1.165, 1.54) is 0 Å². The maximum absolute atomic E-state index is 11.4. The SMILES string of the molecule is O=C(O)c1ccccc1-c1ccc(Cn2nnc3ccccc32)s1. The van der Waals surface area contributed by atoms with Gasteiger partial charge in [0.15, 0.2) is 0 Å². The van der Waals surface area contributed by atoms with Gasteiger partial charge in [-0.2, -0.15) is 0 Å². The van der Waals surface area contributed by atoms with Crippen LogP contribution in [0.15, 0.2) is 60.7 Å². The largest absolute Gasteiger partial charge is 0.478 e. The number of hydrogen-bond donors (Lipinski definition) is 1. The Balaban J connectivity index is 1.67. The molecule has 0 amide bonds. The highest BCUT2D eigenvalue weighted by atomic mass is 32.1. The molecule has 1 N–H and O–H groups in total. The van der Waals surface area contributed by atoms with Crippen molar-refractivity contribution >= 4 is 28.3 Å². The number of fused-ring (bicyclic) bond motifs is 1. The van der Waals surface area contributed by atoms with Crippen molar-refractivity contribution < 1.29 is 9.90 Å². The maximum Gasteiger partial charge on any atom is 0.336 e. The molecule has 0 aliphatic carbocycles. The van der Waals surface area contributed by atoms with Crippen molar-refractivity contribution in [2.75, 3.05) is 0 Å². The summed E-state index contributed by atoms with van der Waals surface area (Å²) in [5.41, 5.74) is 2.91. The van der Waals surface area contributed by atoms with Gasteiger partial charge in [0, 0.05) is 15.3 Å². The second kappa shape index (κ2) is 5.90. The molecule has 6 heteroatoms. The van der Waals surface area contributed by atoms with Gasteiger partial charge < -0.3 is 5.11 Å². The van der Waals surface area contributed by atoms with Crippen LogP contribution in [0.1, 0.15) is 15.2 Å². The summed E-state index contributed by atoms with van der Waals surface area (Å²) < 4.78 is 1.86. The van der Waals surface area contributed by atoms with E-state index in [1.54, 1.807) is 23.5 Å². The molecule has 0 saturated carbocycles. The third-order valence-electron chi connectivity index (χ3n) is 3.81. The zero-order valence-electron chi connectivity index (χ0n) is 12.6. The highest BCUT2D eigenvalue weighted by Crippen LogP contribution is 2.31. The summed E-state index contributed by atoms with van der Waals surface area (Å²) in [7, 11) is 0. The Labute approximate surface area is 141 Å². The average Bonchev–Trinajstić information content (AvgIpc) is 3.23. The number of hydrogen-bond acceptors (Lipinski definition) is 4.